The SMILES string of the molecule is BCC1COC(C)(C)OC1. The molecule has 0 unspecified atom stereocenters. The summed E-state index contributed by atoms with van der Waals surface area (Å²) in [7, 11) is 2.16. The quantitative estimate of drug-likeness (QED) is 0.494. The molecule has 1 saturated heterocycles. The second-order valence-corrected chi connectivity index (χ2v) is 3.30. The Morgan fingerprint density at radius 1 is 1.40 bits per heavy atom. The highest BCUT2D eigenvalue weighted by Crippen LogP contribution is 2.21. The van der Waals surface area contributed by atoms with Crippen molar-refractivity contribution >= 4 is 7.85 Å². The summed E-state index contributed by atoms with van der Waals surface area (Å²) in [4.78, 5) is 0. The normalized spacial score (nSPS) is 26.6. The van der Waals surface area contributed by atoms with Gasteiger partial charge in [-0.05, 0) is 19.8 Å². The van der Waals surface area contributed by atoms with Gasteiger partial charge in [0.05, 0.1) is 13.2 Å². The highest BCUT2D eigenvalue weighted by atomic mass is 16.7. The Morgan fingerprint density at radius 2 is 1.90 bits per heavy atom. The Kier molecular flexibility index (Phi) is 2.37. The van der Waals surface area contributed by atoms with E-state index in [0.717, 1.165) is 19.5 Å². The van der Waals surface area contributed by atoms with E-state index in [1.807, 2.05) is 13.8 Å². The molecule has 1 aliphatic rings. The third-order valence-corrected chi connectivity index (χ3v) is 1.91. The molecule has 0 amide bonds. The van der Waals surface area contributed by atoms with Gasteiger partial charge in [0, 0.05) is 0 Å². The van der Waals surface area contributed by atoms with Crippen LogP contribution in [0.4, 0.5) is 0 Å². The van der Waals surface area contributed by atoms with Crippen LogP contribution in [0.2, 0.25) is 6.32 Å². The summed E-state index contributed by atoms with van der Waals surface area (Å²) in [6.07, 6.45) is 1.15. The Hall–Kier alpha value is -0.0151. The van der Waals surface area contributed by atoms with Crippen molar-refractivity contribution in [2.24, 2.45) is 5.92 Å². The number of hydrogen-bond donors (Lipinski definition) is 0. The maximum atomic E-state index is 5.45. The average molecular weight is 142 g/mol. The van der Waals surface area contributed by atoms with E-state index >= 15 is 0 Å². The molecule has 58 valence electrons. The molecule has 3 heteroatoms. The third kappa shape index (κ3) is 1.99. The summed E-state index contributed by atoms with van der Waals surface area (Å²) in [5.74, 6) is 0.263. The summed E-state index contributed by atoms with van der Waals surface area (Å²) in [5.41, 5.74) is 0. The lowest BCUT2D eigenvalue weighted by atomic mass is 9.92. The summed E-state index contributed by atoms with van der Waals surface area (Å²) < 4.78 is 10.9. The molecule has 1 fully saturated rings. The first-order valence-electron chi connectivity index (χ1n) is 3.92. The maximum absolute atomic E-state index is 5.45. The number of ether oxygens (including phenoxy) is 2. The molecule has 0 radical (unpaired) electrons. The van der Waals surface area contributed by atoms with Crippen LogP contribution in [0.1, 0.15) is 13.8 Å². The zero-order chi connectivity index (χ0) is 7.61. The first kappa shape index (κ1) is 8.09. The molecule has 1 aliphatic heterocycles. The van der Waals surface area contributed by atoms with E-state index in [1.54, 1.807) is 0 Å². The monoisotopic (exact) mass is 142 g/mol. The van der Waals surface area contributed by atoms with Crippen molar-refractivity contribution in [2.75, 3.05) is 13.2 Å². The largest absolute Gasteiger partial charge is 0.350 e. The van der Waals surface area contributed by atoms with Gasteiger partial charge in [-0.2, -0.15) is 0 Å². The fraction of sp³-hybridized carbons (Fsp3) is 1.00. The molecule has 0 saturated carbocycles. The van der Waals surface area contributed by atoms with Crippen LogP contribution in [0, 0.1) is 5.92 Å². The van der Waals surface area contributed by atoms with Crippen molar-refractivity contribution in [1.29, 1.82) is 0 Å². The van der Waals surface area contributed by atoms with E-state index in [0.29, 0.717) is 5.92 Å². The second-order valence-electron chi connectivity index (χ2n) is 3.30. The van der Waals surface area contributed by atoms with Crippen LogP contribution in [-0.2, 0) is 9.47 Å². The Labute approximate surface area is 63.3 Å². The predicted molar refractivity (Wildman–Crippen MR) is 42.8 cm³/mol. The van der Waals surface area contributed by atoms with Crippen molar-refractivity contribution in [3.05, 3.63) is 0 Å². The summed E-state index contributed by atoms with van der Waals surface area (Å²) in [5, 5.41) is 0. The molecule has 0 atom stereocenters. The van der Waals surface area contributed by atoms with Crippen LogP contribution in [0.15, 0.2) is 0 Å². The highest BCUT2D eigenvalue weighted by Gasteiger charge is 2.26. The summed E-state index contributed by atoms with van der Waals surface area (Å²) in [6, 6.07) is 0. The first-order valence-corrected chi connectivity index (χ1v) is 3.92. The Morgan fingerprint density at radius 3 is 2.30 bits per heavy atom. The van der Waals surface area contributed by atoms with E-state index in [-0.39, 0.29) is 5.79 Å². The maximum Gasteiger partial charge on any atom is 0.162 e. The van der Waals surface area contributed by atoms with Gasteiger partial charge in [0.15, 0.2) is 5.79 Å². The summed E-state index contributed by atoms with van der Waals surface area (Å²) >= 11 is 0. The van der Waals surface area contributed by atoms with Crippen molar-refractivity contribution < 1.29 is 9.47 Å². The average Bonchev–Trinajstić information content (AvgIpc) is 1.88. The minimum absolute atomic E-state index is 0.342. The van der Waals surface area contributed by atoms with E-state index < -0.39 is 0 Å². The van der Waals surface area contributed by atoms with Crippen LogP contribution < -0.4 is 0 Å². The standard InChI is InChI=1S/C7H15BO2/c1-7(2)9-4-6(3-8)5-10-7/h6H,3-5,8H2,1-2H3. The zero-order valence-electron chi connectivity index (χ0n) is 7.02. The van der Waals surface area contributed by atoms with Crippen LogP contribution in [0.5, 0.6) is 0 Å². The fourth-order valence-electron chi connectivity index (χ4n) is 0.963. The van der Waals surface area contributed by atoms with Crippen molar-refractivity contribution in [1.82, 2.24) is 0 Å². The van der Waals surface area contributed by atoms with Crippen LogP contribution in [-0.4, -0.2) is 26.8 Å². The molecule has 1 rings (SSSR count). The van der Waals surface area contributed by atoms with Crippen LogP contribution in [0.25, 0.3) is 0 Å². The number of rotatable bonds is 1. The molecule has 0 aromatic rings. The number of hydrogen-bond acceptors (Lipinski definition) is 2. The molecule has 0 bridgehead atoms. The molecule has 1 heterocycles. The van der Waals surface area contributed by atoms with Gasteiger partial charge in [-0.3, -0.25) is 0 Å². The molecule has 0 spiro atoms. The molecule has 0 aromatic heterocycles. The first-order chi connectivity index (χ1) is 4.64. The minimum Gasteiger partial charge on any atom is -0.350 e. The lowest BCUT2D eigenvalue weighted by Gasteiger charge is -2.34. The lowest BCUT2D eigenvalue weighted by molar-refractivity contribution is -0.259. The van der Waals surface area contributed by atoms with Gasteiger partial charge in [-0.1, -0.05) is 6.32 Å². The molecule has 2 nitrogen and oxygen atoms in total. The molecule has 0 aromatic carbocycles. The fourth-order valence-corrected chi connectivity index (χ4v) is 0.963. The lowest BCUT2D eigenvalue weighted by Crippen LogP contribution is -2.39. The molecular formula is C7H15BO2. The van der Waals surface area contributed by atoms with Crippen LogP contribution >= 0.6 is 0 Å². The highest BCUT2D eigenvalue weighted by molar-refractivity contribution is 6.08. The molecular weight excluding hydrogens is 127 g/mol. The van der Waals surface area contributed by atoms with Crippen molar-refractivity contribution in [3.63, 3.8) is 0 Å². The smallest absolute Gasteiger partial charge is 0.162 e. The van der Waals surface area contributed by atoms with Gasteiger partial charge in [0.25, 0.3) is 0 Å². The van der Waals surface area contributed by atoms with Gasteiger partial charge in [-0.25, -0.2) is 0 Å². The van der Waals surface area contributed by atoms with Gasteiger partial charge in [0.1, 0.15) is 7.85 Å². The summed E-state index contributed by atoms with van der Waals surface area (Å²) in [6.45, 7) is 5.62. The second kappa shape index (κ2) is 2.93. The van der Waals surface area contributed by atoms with Gasteiger partial charge < -0.3 is 9.47 Å². The van der Waals surface area contributed by atoms with Gasteiger partial charge >= 0.3 is 0 Å². The van der Waals surface area contributed by atoms with E-state index in [4.69, 9.17) is 9.47 Å². The third-order valence-electron chi connectivity index (χ3n) is 1.91. The Bertz CT molecular complexity index is 104. The Balaban J connectivity index is 2.31. The van der Waals surface area contributed by atoms with E-state index in [9.17, 15) is 0 Å². The minimum atomic E-state index is -0.342. The van der Waals surface area contributed by atoms with Gasteiger partial charge in [-0.15, -0.1) is 0 Å². The topological polar surface area (TPSA) is 18.5 Å². The molecule has 0 N–H and O–H groups in total. The van der Waals surface area contributed by atoms with Gasteiger partial charge in [0.2, 0.25) is 0 Å². The molecule has 10 heavy (non-hydrogen) atoms. The zero-order valence-corrected chi connectivity index (χ0v) is 7.02. The van der Waals surface area contributed by atoms with Crippen molar-refractivity contribution in [3.8, 4) is 0 Å². The van der Waals surface area contributed by atoms with E-state index in [2.05, 4.69) is 7.85 Å². The predicted octanol–water partition coefficient (Wildman–Crippen LogP) is 0.437. The van der Waals surface area contributed by atoms with Crippen molar-refractivity contribution in [2.45, 2.75) is 26.0 Å². The molecule has 0 aliphatic carbocycles. The van der Waals surface area contributed by atoms with Crippen LogP contribution in [0.3, 0.4) is 0 Å². The van der Waals surface area contributed by atoms with E-state index in [1.165, 1.54) is 0 Å².